The van der Waals surface area contributed by atoms with E-state index in [1.54, 1.807) is 4.90 Å². The molecule has 0 spiro atoms. The molecule has 0 saturated carbocycles. The summed E-state index contributed by atoms with van der Waals surface area (Å²) in [4.78, 5) is 39.7. The van der Waals surface area contributed by atoms with Gasteiger partial charge in [0, 0.05) is 32.6 Å². The second kappa shape index (κ2) is 7.03. The second-order valence-electron chi connectivity index (χ2n) is 6.47. The third-order valence-electron chi connectivity index (χ3n) is 4.84. The summed E-state index contributed by atoms with van der Waals surface area (Å²) in [6.07, 6.45) is 1.40. The first-order chi connectivity index (χ1) is 11.5. The molecule has 6 heteroatoms. The topological polar surface area (TPSA) is 69.7 Å². The van der Waals surface area contributed by atoms with Crippen LogP contribution in [0, 0.1) is 6.92 Å². The highest BCUT2D eigenvalue weighted by atomic mass is 16.2. The zero-order chi connectivity index (χ0) is 17.1. The van der Waals surface area contributed by atoms with Gasteiger partial charge in [-0.2, -0.15) is 0 Å². The highest BCUT2D eigenvalue weighted by molar-refractivity contribution is 5.91. The van der Waals surface area contributed by atoms with Crippen molar-refractivity contribution in [2.24, 2.45) is 0 Å². The van der Waals surface area contributed by atoms with Crippen LogP contribution in [0.2, 0.25) is 0 Å². The van der Waals surface area contributed by atoms with Crippen LogP contribution in [0.5, 0.6) is 0 Å². The molecule has 3 rings (SSSR count). The quantitative estimate of drug-likeness (QED) is 0.877. The van der Waals surface area contributed by atoms with Gasteiger partial charge in [-0.15, -0.1) is 0 Å². The molecule has 0 bridgehead atoms. The van der Waals surface area contributed by atoms with Crippen LogP contribution < -0.4 is 5.32 Å². The number of carbonyl (C=O) groups excluding carboxylic acids is 3. The standard InChI is InChI=1S/C18H23N3O3/c1-13-4-2-3-5-14(13)12-17(23)20-8-10-21(11-9-20)18(24)15-6-7-16(22)19-15/h2-5,15H,6-12H2,1H3,(H,19,22). The predicted molar refractivity (Wildman–Crippen MR) is 89.2 cm³/mol. The Labute approximate surface area is 141 Å². The van der Waals surface area contributed by atoms with Gasteiger partial charge in [0.1, 0.15) is 6.04 Å². The van der Waals surface area contributed by atoms with E-state index >= 15 is 0 Å². The maximum atomic E-state index is 12.5. The van der Waals surface area contributed by atoms with Crippen LogP contribution in [0.3, 0.4) is 0 Å². The number of benzene rings is 1. The molecule has 1 N–H and O–H groups in total. The highest BCUT2D eigenvalue weighted by Crippen LogP contribution is 2.14. The number of aryl methyl sites for hydroxylation is 1. The molecule has 2 aliphatic heterocycles. The van der Waals surface area contributed by atoms with Gasteiger partial charge in [0.25, 0.3) is 0 Å². The number of nitrogens with zero attached hydrogens (tertiary/aromatic N) is 2. The molecule has 6 nitrogen and oxygen atoms in total. The lowest BCUT2D eigenvalue weighted by Crippen LogP contribution is -2.54. The lowest BCUT2D eigenvalue weighted by molar-refractivity contribution is -0.140. The van der Waals surface area contributed by atoms with Crippen LogP contribution in [0.15, 0.2) is 24.3 Å². The number of carbonyl (C=O) groups is 3. The lowest BCUT2D eigenvalue weighted by atomic mass is 10.1. The van der Waals surface area contributed by atoms with E-state index in [0.717, 1.165) is 11.1 Å². The highest BCUT2D eigenvalue weighted by Gasteiger charge is 2.32. The van der Waals surface area contributed by atoms with Gasteiger partial charge in [-0.25, -0.2) is 0 Å². The first-order valence-electron chi connectivity index (χ1n) is 8.45. The molecule has 0 aliphatic carbocycles. The Morgan fingerprint density at radius 2 is 1.79 bits per heavy atom. The van der Waals surface area contributed by atoms with E-state index in [-0.39, 0.29) is 23.8 Å². The summed E-state index contributed by atoms with van der Waals surface area (Å²) in [5.41, 5.74) is 2.17. The first kappa shape index (κ1) is 16.5. The van der Waals surface area contributed by atoms with Gasteiger partial charge in [0.05, 0.1) is 6.42 Å². The number of amides is 3. The summed E-state index contributed by atoms with van der Waals surface area (Å²) < 4.78 is 0. The average Bonchev–Trinajstić information content (AvgIpc) is 3.03. The second-order valence-corrected chi connectivity index (χ2v) is 6.47. The lowest BCUT2D eigenvalue weighted by Gasteiger charge is -2.36. The molecule has 2 heterocycles. The van der Waals surface area contributed by atoms with Crippen molar-refractivity contribution in [2.45, 2.75) is 32.2 Å². The van der Waals surface area contributed by atoms with Crippen molar-refractivity contribution in [1.29, 1.82) is 0 Å². The van der Waals surface area contributed by atoms with Crippen LogP contribution in [0.25, 0.3) is 0 Å². The third kappa shape index (κ3) is 3.58. The Balaban J connectivity index is 1.51. The summed E-state index contributed by atoms with van der Waals surface area (Å²) in [7, 11) is 0. The van der Waals surface area contributed by atoms with Crippen LogP contribution >= 0.6 is 0 Å². The van der Waals surface area contributed by atoms with Gasteiger partial charge >= 0.3 is 0 Å². The molecule has 2 fully saturated rings. The normalized spacial score (nSPS) is 20.9. The van der Waals surface area contributed by atoms with Crippen molar-refractivity contribution in [1.82, 2.24) is 15.1 Å². The molecule has 2 aliphatic rings. The minimum Gasteiger partial charge on any atom is -0.344 e. The fourth-order valence-electron chi connectivity index (χ4n) is 3.28. The van der Waals surface area contributed by atoms with Crippen molar-refractivity contribution in [3.05, 3.63) is 35.4 Å². The van der Waals surface area contributed by atoms with Gasteiger partial charge in [-0.05, 0) is 24.5 Å². The molecule has 3 amide bonds. The van der Waals surface area contributed by atoms with Crippen molar-refractivity contribution < 1.29 is 14.4 Å². The molecule has 0 radical (unpaired) electrons. The first-order valence-corrected chi connectivity index (χ1v) is 8.45. The van der Waals surface area contributed by atoms with E-state index in [4.69, 9.17) is 0 Å². The Bertz CT molecular complexity index is 651. The molecule has 1 atom stereocenters. The summed E-state index contributed by atoms with van der Waals surface area (Å²) >= 11 is 0. The monoisotopic (exact) mass is 329 g/mol. The number of hydrogen-bond donors (Lipinski definition) is 1. The Hall–Kier alpha value is -2.37. The van der Waals surface area contributed by atoms with E-state index in [0.29, 0.717) is 45.4 Å². The van der Waals surface area contributed by atoms with Crippen molar-refractivity contribution in [2.75, 3.05) is 26.2 Å². The predicted octanol–water partition coefficient (Wildman–Crippen LogP) is 0.487. The van der Waals surface area contributed by atoms with Crippen LogP contribution in [-0.4, -0.2) is 59.7 Å². The molecule has 24 heavy (non-hydrogen) atoms. The average molecular weight is 329 g/mol. The van der Waals surface area contributed by atoms with Gasteiger partial charge < -0.3 is 15.1 Å². The van der Waals surface area contributed by atoms with Crippen LogP contribution in [0.1, 0.15) is 24.0 Å². The van der Waals surface area contributed by atoms with Gasteiger partial charge in [0.2, 0.25) is 17.7 Å². The smallest absolute Gasteiger partial charge is 0.245 e. The van der Waals surface area contributed by atoms with Crippen molar-refractivity contribution in [3.8, 4) is 0 Å². The fraction of sp³-hybridized carbons (Fsp3) is 0.500. The fourth-order valence-corrected chi connectivity index (χ4v) is 3.28. The SMILES string of the molecule is Cc1ccccc1CC(=O)N1CCN(C(=O)C2CCC(=O)N2)CC1. The number of rotatable bonds is 3. The van der Waals surface area contributed by atoms with Gasteiger partial charge in [-0.1, -0.05) is 24.3 Å². The summed E-state index contributed by atoms with van der Waals surface area (Å²) in [5.74, 6) is 0.0258. The molecular weight excluding hydrogens is 306 g/mol. The number of nitrogens with one attached hydrogen (secondary N) is 1. The molecule has 1 unspecified atom stereocenters. The maximum Gasteiger partial charge on any atom is 0.245 e. The summed E-state index contributed by atoms with van der Waals surface area (Å²) in [6.45, 7) is 4.18. The van der Waals surface area contributed by atoms with E-state index < -0.39 is 0 Å². The van der Waals surface area contributed by atoms with Gasteiger partial charge in [0.15, 0.2) is 0 Å². The third-order valence-corrected chi connectivity index (χ3v) is 4.84. The molecule has 128 valence electrons. The molecule has 1 aromatic carbocycles. The summed E-state index contributed by atoms with van der Waals surface area (Å²) in [5, 5.41) is 2.71. The van der Waals surface area contributed by atoms with E-state index in [1.165, 1.54) is 0 Å². The number of piperazine rings is 1. The Kier molecular flexibility index (Phi) is 4.83. The van der Waals surface area contributed by atoms with Crippen LogP contribution in [-0.2, 0) is 20.8 Å². The van der Waals surface area contributed by atoms with E-state index in [1.807, 2.05) is 36.1 Å². The van der Waals surface area contributed by atoms with Crippen LogP contribution in [0.4, 0.5) is 0 Å². The van der Waals surface area contributed by atoms with E-state index in [2.05, 4.69) is 5.32 Å². The Morgan fingerprint density at radius 3 is 2.42 bits per heavy atom. The molecule has 2 saturated heterocycles. The molecule has 0 aromatic heterocycles. The molecular formula is C18H23N3O3. The van der Waals surface area contributed by atoms with Crippen molar-refractivity contribution >= 4 is 17.7 Å². The number of hydrogen-bond acceptors (Lipinski definition) is 3. The minimum absolute atomic E-state index is 0.0214. The van der Waals surface area contributed by atoms with Crippen molar-refractivity contribution in [3.63, 3.8) is 0 Å². The maximum absolute atomic E-state index is 12.5. The zero-order valence-corrected chi connectivity index (χ0v) is 14.0. The summed E-state index contributed by atoms with van der Waals surface area (Å²) in [6, 6.07) is 7.52. The zero-order valence-electron chi connectivity index (χ0n) is 14.0. The largest absolute Gasteiger partial charge is 0.344 e. The molecule has 1 aromatic rings. The Morgan fingerprint density at radius 1 is 1.12 bits per heavy atom. The van der Waals surface area contributed by atoms with E-state index in [9.17, 15) is 14.4 Å². The van der Waals surface area contributed by atoms with Gasteiger partial charge in [-0.3, -0.25) is 14.4 Å². The minimum atomic E-state index is -0.383.